The maximum atomic E-state index is 12.0. The van der Waals surface area contributed by atoms with Crippen molar-refractivity contribution < 1.29 is 9.53 Å². The molecule has 1 unspecified atom stereocenters. The maximum absolute atomic E-state index is 12.0. The summed E-state index contributed by atoms with van der Waals surface area (Å²) in [5, 5.41) is 6.17. The summed E-state index contributed by atoms with van der Waals surface area (Å²) in [6.45, 7) is 4.36. The van der Waals surface area contributed by atoms with Crippen molar-refractivity contribution in [2.75, 3.05) is 43.1 Å². The number of carbonyl (C=O) groups is 1. The number of benzene rings is 1. The molecule has 2 N–H and O–H groups in total. The van der Waals surface area contributed by atoms with Gasteiger partial charge in [-0.25, -0.2) is 0 Å². The first-order chi connectivity index (χ1) is 9.83. The van der Waals surface area contributed by atoms with Gasteiger partial charge in [-0.3, -0.25) is 4.79 Å². The highest BCUT2D eigenvalue weighted by molar-refractivity contribution is 5.95. The standard InChI is InChI=1S/C15H21N3O2/c19-15(14-2-1-7-16-14)17-12-3-5-13(6-4-12)18-8-10-20-11-9-18/h3-6,14,16H,1-2,7-11H2,(H,17,19). The number of amides is 1. The van der Waals surface area contributed by atoms with Gasteiger partial charge in [0.15, 0.2) is 0 Å². The predicted octanol–water partition coefficient (Wildman–Crippen LogP) is 1.21. The Hall–Kier alpha value is -1.59. The van der Waals surface area contributed by atoms with Crippen LogP contribution in [0.25, 0.3) is 0 Å². The van der Waals surface area contributed by atoms with Crippen LogP contribution in [0.4, 0.5) is 11.4 Å². The van der Waals surface area contributed by atoms with Crippen molar-refractivity contribution in [2.45, 2.75) is 18.9 Å². The number of rotatable bonds is 3. The zero-order chi connectivity index (χ0) is 13.8. The number of morpholine rings is 1. The molecule has 0 aliphatic carbocycles. The molecule has 2 aliphatic rings. The summed E-state index contributed by atoms with van der Waals surface area (Å²) in [6, 6.07) is 8.02. The number of anilines is 2. The lowest BCUT2D eigenvalue weighted by Gasteiger charge is -2.28. The molecule has 2 aliphatic heterocycles. The van der Waals surface area contributed by atoms with Gasteiger partial charge in [0.05, 0.1) is 19.3 Å². The molecule has 0 aromatic heterocycles. The first-order valence-electron chi connectivity index (χ1n) is 7.30. The van der Waals surface area contributed by atoms with E-state index >= 15 is 0 Å². The molecule has 0 spiro atoms. The third-order valence-corrected chi connectivity index (χ3v) is 3.89. The number of carbonyl (C=O) groups excluding carboxylic acids is 1. The first-order valence-corrected chi connectivity index (χ1v) is 7.30. The smallest absolute Gasteiger partial charge is 0.241 e. The lowest BCUT2D eigenvalue weighted by molar-refractivity contribution is -0.117. The van der Waals surface area contributed by atoms with E-state index in [1.165, 1.54) is 5.69 Å². The highest BCUT2D eigenvalue weighted by Crippen LogP contribution is 2.19. The van der Waals surface area contributed by atoms with Crippen molar-refractivity contribution >= 4 is 17.3 Å². The minimum atomic E-state index is -0.0334. The molecule has 108 valence electrons. The van der Waals surface area contributed by atoms with E-state index in [-0.39, 0.29) is 11.9 Å². The Balaban J connectivity index is 1.59. The Morgan fingerprint density at radius 3 is 2.65 bits per heavy atom. The van der Waals surface area contributed by atoms with E-state index in [9.17, 15) is 4.79 Å². The molecule has 5 heteroatoms. The van der Waals surface area contributed by atoms with Gasteiger partial charge in [-0.05, 0) is 43.7 Å². The zero-order valence-corrected chi connectivity index (χ0v) is 11.6. The third kappa shape index (κ3) is 3.11. The van der Waals surface area contributed by atoms with Crippen molar-refractivity contribution in [1.29, 1.82) is 0 Å². The SMILES string of the molecule is O=C(Nc1ccc(N2CCOCC2)cc1)C1CCCN1. The van der Waals surface area contributed by atoms with Gasteiger partial charge in [-0.15, -0.1) is 0 Å². The summed E-state index contributed by atoms with van der Waals surface area (Å²) in [5.74, 6) is 0.0709. The molecule has 3 rings (SSSR count). The van der Waals surface area contributed by atoms with Gasteiger partial charge in [0, 0.05) is 24.5 Å². The minimum Gasteiger partial charge on any atom is -0.378 e. The van der Waals surface area contributed by atoms with Crippen LogP contribution in [0.15, 0.2) is 24.3 Å². The van der Waals surface area contributed by atoms with Crippen LogP contribution >= 0.6 is 0 Å². The Morgan fingerprint density at radius 1 is 1.25 bits per heavy atom. The molecule has 1 aromatic rings. The monoisotopic (exact) mass is 275 g/mol. The Kier molecular flexibility index (Phi) is 4.18. The lowest BCUT2D eigenvalue weighted by Crippen LogP contribution is -2.36. The summed E-state index contributed by atoms with van der Waals surface area (Å²) in [5.41, 5.74) is 2.05. The summed E-state index contributed by atoms with van der Waals surface area (Å²) < 4.78 is 5.35. The first kappa shape index (κ1) is 13.4. The number of hydrogen-bond donors (Lipinski definition) is 2. The fraction of sp³-hybridized carbons (Fsp3) is 0.533. The van der Waals surface area contributed by atoms with E-state index in [0.717, 1.165) is 51.4 Å². The second-order valence-electron chi connectivity index (χ2n) is 5.28. The Morgan fingerprint density at radius 2 is 2.00 bits per heavy atom. The van der Waals surface area contributed by atoms with Gasteiger partial charge in [-0.1, -0.05) is 0 Å². The molecular formula is C15H21N3O2. The summed E-state index contributed by atoms with van der Waals surface area (Å²) >= 11 is 0. The Bertz CT molecular complexity index is 449. The van der Waals surface area contributed by atoms with E-state index in [1.807, 2.05) is 12.1 Å². The second-order valence-corrected chi connectivity index (χ2v) is 5.28. The summed E-state index contributed by atoms with van der Waals surface area (Å²) in [4.78, 5) is 14.3. The van der Waals surface area contributed by atoms with Crippen molar-refractivity contribution in [3.63, 3.8) is 0 Å². The topological polar surface area (TPSA) is 53.6 Å². The molecule has 5 nitrogen and oxygen atoms in total. The number of hydrogen-bond acceptors (Lipinski definition) is 4. The van der Waals surface area contributed by atoms with Gasteiger partial charge in [0.25, 0.3) is 0 Å². The maximum Gasteiger partial charge on any atom is 0.241 e. The number of nitrogens with zero attached hydrogens (tertiary/aromatic N) is 1. The van der Waals surface area contributed by atoms with Crippen LogP contribution in [0.5, 0.6) is 0 Å². The van der Waals surface area contributed by atoms with Crippen LogP contribution in [0.1, 0.15) is 12.8 Å². The van der Waals surface area contributed by atoms with Crippen LogP contribution in [0.2, 0.25) is 0 Å². The highest BCUT2D eigenvalue weighted by Gasteiger charge is 2.21. The van der Waals surface area contributed by atoms with Gasteiger partial charge >= 0.3 is 0 Å². The van der Waals surface area contributed by atoms with Gasteiger partial charge in [0.1, 0.15) is 0 Å². The van der Waals surface area contributed by atoms with Crippen LogP contribution < -0.4 is 15.5 Å². The van der Waals surface area contributed by atoms with E-state index in [2.05, 4.69) is 27.7 Å². The van der Waals surface area contributed by atoms with E-state index in [1.54, 1.807) is 0 Å². The molecule has 2 heterocycles. The second kappa shape index (κ2) is 6.24. The van der Waals surface area contributed by atoms with Crippen molar-refractivity contribution in [3.05, 3.63) is 24.3 Å². The molecular weight excluding hydrogens is 254 g/mol. The average molecular weight is 275 g/mol. The Labute approximate surface area is 119 Å². The number of ether oxygens (including phenoxy) is 1. The normalized spacial score (nSPS) is 22.8. The van der Waals surface area contributed by atoms with Crippen LogP contribution in [-0.4, -0.2) is 44.8 Å². The number of nitrogens with one attached hydrogen (secondary N) is 2. The van der Waals surface area contributed by atoms with E-state index in [4.69, 9.17) is 4.74 Å². The highest BCUT2D eigenvalue weighted by atomic mass is 16.5. The largest absolute Gasteiger partial charge is 0.378 e. The molecule has 2 fully saturated rings. The van der Waals surface area contributed by atoms with E-state index < -0.39 is 0 Å². The molecule has 20 heavy (non-hydrogen) atoms. The minimum absolute atomic E-state index is 0.0334. The fourth-order valence-electron chi connectivity index (χ4n) is 2.71. The van der Waals surface area contributed by atoms with Crippen molar-refractivity contribution in [3.8, 4) is 0 Å². The zero-order valence-electron chi connectivity index (χ0n) is 11.6. The van der Waals surface area contributed by atoms with Crippen LogP contribution in [0, 0.1) is 0 Å². The van der Waals surface area contributed by atoms with Crippen molar-refractivity contribution in [2.24, 2.45) is 0 Å². The molecule has 0 saturated carbocycles. The van der Waals surface area contributed by atoms with Crippen LogP contribution in [0.3, 0.4) is 0 Å². The average Bonchev–Trinajstić information content (AvgIpc) is 3.03. The summed E-state index contributed by atoms with van der Waals surface area (Å²) in [7, 11) is 0. The van der Waals surface area contributed by atoms with Crippen molar-refractivity contribution in [1.82, 2.24) is 5.32 Å². The van der Waals surface area contributed by atoms with E-state index in [0.29, 0.717) is 0 Å². The molecule has 1 amide bonds. The molecule has 1 atom stereocenters. The molecule has 1 aromatic carbocycles. The van der Waals surface area contributed by atoms with Gasteiger partial charge in [0.2, 0.25) is 5.91 Å². The third-order valence-electron chi connectivity index (χ3n) is 3.89. The summed E-state index contributed by atoms with van der Waals surface area (Å²) in [6.07, 6.45) is 2.01. The molecule has 0 bridgehead atoms. The lowest BCUT2D eigenvalue weighted by atomic mass is 10.2. The fourth-order valence-corrected chi connectivity index (χ4v) is 2.71. The van der Waals surface area contributed by atoms with Gasteiger partial charge < -0.3 is 20.3 Å². The van der Waals surface area contributed by atoms with Crippen LogP contribution in [-0.2, 0) is 9.53 Å². The quantitative estimate of drug-likeness (QED) is 0.871. The van der Waals surface area contributed by atoms with Gasteiger partial charge in [-0.2, -0.15) is 0 Å². The molecule has 0 radical (unpaired) electrons. The molecule has 2 saturated heterocycles. The predicted molar refractivity (Wildman–Crippen MR) is 79.1 cm³/mol.